The van der Waals surface area contributed by atoms with Crippen LogP contribution in [0.2, 0.25) is 0 Å². The van der Waals surface area contributed by atoms with Gasteiger partial charge in [-0.1, -0.05) is 0 Å². The largest absolute Gasteiger partial charge is 0.366 e. The van der Waals surface area contributed by atoms with E-state index < -0.39 is 9.84 Å². The van der Waals surface area contributed by atoms with Gasteiger partial charge in [-0.3, -0.25) is 0 Å². The summed E-state index contributed by atoms with van der Waals surface area (Å²) < 4.78 is 22.7. The van der Waals surface area contributed by atoms with E-state index >= 15 is 0 Å². The summed E-state index contributed by atoms with van der Waals surface area (Å²) in [7, 11) is -3.09. The van der Waals surface area contributed by atoms with Gasteiger partial charge in [-0.15, -0.1) is 0 Å². The smallest absolute Gasteiger partial charge is 0.175 e. The fourth-order valence-electron chi connectivity index (χ4n) is 2.11. The van der Waals surface area contributed by atoms with Gasteiger partial charge < -0.3 is 10.2 Å². The lowest BCUT2D eigenvalue weighted by molar-refractivity contribution is 0.501. The maximum atomic E-state index is 11.4. The van der Waals surface area contributed by atoms with Crippen molar-refractivity contribution < 1.29 is 8.42 Å². The van der Waals surface area contributed by atoms with Crippen LogP contribution < -0.4 is 10.2 Å². The molecule has 1 N–H and O–H groups in total. The molecule has 1 atom stereocenters. The molecular formula is C12H18N2O2S. The molecule has 1 aliphatic heterocycles. The summed E-state index contributed by atoms with van der Waals surface area (Å²) in [6, 6.07) is 7.57. The van der Waals surface area contributed by atoms with E-state index in [1.165, 1.54) is 6.26 Å². The molecule has 0 spiro atoms. The molecule has 0 aromatic heterocycles. The zero-order valence-corrected chi connectivity index (χ0v) is 11.0. The second-order valence-electron chi connectivity index (χ2n) is 4.51. The van der Waals surface area contributed by atoms with Gasteiger partial charge in [-0.05, 0) is 31.2 Å². The van der Waals surface area contributed by atoms with Crippen molar-refractivity contribution in [3.63, 3.8) is 0 Å². The molecule has 1 fully saturated rings. The topological polar surface area (TPSA) is 49.4 Å². The van der Waals surface area contributed by atoms with Crippen molar-refractivity contribution in [2.24, 2.45) is 0 Å². The first-order valence-electron chi connectivity index (χ1n) is 5.76. The summed E-state index contributed by atoms with van der Waals surface area (Å²) >= 11 is 0. The highest BCUT2D eigenvalue weighted by Crippen LogP contribution is 2.20. The van der Waals surface area contributed by atoms with Gasteiger partial charge in [-0.2, -0.15) is 0 Å². The van der Waals surface area contributed by atoms with Gasteiger partial charge in [0.15, 0.2) is 9.84 Å². The van der Waals surface area contributed by atoms with Crippen molar-refractivity contribution in [3.8, 4) is 0 Å². The number of rotatable bonds is 2. The quantitative estimate of drug-likeness (QED) is 0.851. The number of nitrogens with zero attached hydrogens (tertiary/aromatic N) is 1. The number of sulfone groups is 1. The molecule has 1 aliphatic rings. The van der Waals surface area contributed by atoms with Crippen LogP contribution in [0.5, 0.6) is 0 Å². The summed E-state index contributed by atoms with van der Waals surface area (Å²) in [5.41, 5.74) is 1.09. The first kappa shape index (κ1) is 12.4. The van der Waals surface area contributed by atoms with Crippen LogP contribution in [0.25, 0.3) is 0 Å². The Balaban J connectivity index is 2.23. The van der Waals surface area contributed by atoms with Crippen molar-refractivity contribution in [2.45, 2.75) is 17.9 Å². The second kappa shape index (κ2) is 4.66. The van der Waals surface area contributed by atoms with Crippen LogP contribution in [0.3, 0.4) is 0 Å². The summed E-state index contributed by atoms with van der Waals surface area (Å²) in [6.07, 6.45) is 1.23. The lowest BCUT2D eigenvalue weighted by atomic mass is 10.2. The fourth-order valence-corrected chi connectivity index (χ4v) is 2.74. The lowest BCUT2D eigenvalue weighted by Crippen LogP contribution is -2.49. The molecule has 1 aromatic rings. The molecule has 0 amide bonds. The van der Waals surface area contributed by atoms with Crippen LogP contribution >= 0.6 is 0 Å². The van der Waals surface area contributed by atoms with Crippen LogP contribution in [-0.4, -0.2) is 40.3 Å². The molecule has 0 saturated carbocycles. The standard InChI is InChI=1S/C12H18N2O2S/c1-10-9-13-7-8-14(10)11-3-5-12(6-4-11)17(2,15)16/h3-6,10,13H,7-9H2,1-2H3. The molecule has 1 unspecified atom stereocenters. The molecule has 2 rings (SSSR count). The van der Waals surface area contributed by atoms with Gasteiger partial charge in [0, 0.05) is 37.6 Å². The van der Waals surface area contributed by atoms with Crippen LogP contribution in [0.4, 0.5) is 5.69 Å². The van der Waals surface area contributed by atoms with Crippen LogP contribution in [-0.2, 0) is 9.84 Å². The highest BCUT2D eigenvalue weighted by Gasteiger charge is 2.18. The Kier molecular flexibility index (Phi) is 3.40. The van der Waals surface area contributed by atoms with Gasteiger partial charge in [0.25, 0.3) is 0 Å². The lowest BCUT2D eigenvalue weighted by Gasteiger charge is -2.35. The van der Waals surface area contributed by atoms with Crippen LogP contribution in [0.1, 0.15) is 6.92 Å². The van der Waals surface area contributed by atoms with Crippen molar-refractivity contribution >= 4 is 15.5 Å². The monoisotopic (exact) mass is 254 g/mol. The van der Waals surface area contributed by atoms with Gasteiger partial charge in [-0.25, -0.2) is 8.42 Å². The number of anilines is 1. The molecule has 5 heteroatoms. The molecule has 0 bridgehead atoms. The maximum absolute atomic E-state index is 11.4. The van der Waals surface area contributed by atoms with E-state index in [0.717, 1.165) is 25.3 Å². The minimum Gasteiger partial charge on any atom is -0.366 e. The Bertz CT molecular complexity index is 482. The van der Waals surface area contributed by atoms with E-state index in [4.69, 9.17) is 0 Å². The molecule has 4 nitrogen and oxygen atoms in total. The van der Waals surface area contributed by atoms with Crippen molar-refractivity contribution in [1.82, 2.24) is 5.32 Å². The Morgan fingerprint density at radius 1 is 1.29 bits per heavy atom. The minimum atomic E-state index is -3.09. The average molecular weight is 254 g/mol. The highest BCUT2D eigenvalue weighted by atomic mass is 32.2. The summed E-state index contributed by atoms with van der Waals surface area (Å²) in [5, 5.41) is 3.33. The fraction of sp³-hybridized carbons (Fsp3) is 0.500. The molecule has 94 valence electrons. The normalized spacial score (nSPS) is 21.5. The predicted molar refractivity (Wildman–Crippen MR) is 69.2 cm³/mol. The third-order valence-corrected chi connectivity index (χ3v) is 4.23. The van der Waals surface area contributed by atoms with Crippen LogP contribution in [0, 0.1) is 0 Å². The third-order valence-electron chi connectivity index (χ3n) is 3.10. The minimum absolute atomic E-state index is 0.379. The number of benzene rings is 1. The van der Waals surface area contributed by atoms with Gasteiger partial charge in [0.2, 0.25) is 0 Å². The Morgan fingerprint density at radius 2 is 1.94 bits per heavy atom. The summed E-state index contributed by atoms with van der Waals surface area (Å²) in [4.78, 5) is 2.67. The Hall–Kier alpha value is -1.07. The first-order valence-corrected chi connectivity index (χ1v) is 7.65. The summed E-state index contributed by atoms with van der Waals surface area (Å²) in [5.74, 6) is 0. The average Bonchev–Trinajstić information content (AvgIpc) is 2.29. The molecule has 1 aromatic carbocycles. The highest BCUT2D eigenvalue weighted by molar-refractivity contribution is 7.90. The number of nitrogens with one attached hydrogen (secondary N) is 1. The third kappa shape index (κ3) is 2.79. The Labute approximate surface area is 103 Å². The van der Waals surface area contributed by atoms with E-state index in [0.29, 0.717) is 10.9 Å². The number of piperazine rings is 1. The van der Waals surface area contributed by atoms with E-state index in [1.807, 2.05) is 12.1 Å². The number of hydrogen-bond acceptors (Lipinski definition) is 4. The van der Waals surface area contributed by atoms with Crippen molar-refractivity contribution in [2.75, 3.05) is 30.8 Å². The van der Waals surface area contributed by atoms with Crippen LogP contribution in [0.15, 0.2) is 29.2 Å². The molecular weight excluding hydrogens is 236 g/mol. The predicted octanol–water partition coefficient (Wildman–Crippen LogP) is 0.888. The zero-order chi connectivity index (χ0) is 12.5. The van der Waals surface area contributed by atoms with Gasteiger partial charge in [0.1, 0.15) is 0 Å². The van der Waals surface area contributed by atoms with Gasteiger partial charge >= 0.3 is 0 Å². The molecule has 17 heavy (non-hydrogen) atoms. The van der Waals surface area contributed by atoms with E-state index in [2.05, 4.69) is 17.1 Å². The summed E-state index contributed by atoms with van der Waals surface area (Å²) in [6.45, 7) is 5.06. The van der Waals surface area contributed by atoms with E-state index in [9.17, 15) is 8.42 Å². The SMILES string of the molecule is CC1CNCCN1c1ccc(S(C)(=O)=O)cc1. The van der Waals surface area contributed by atoms with E-state index in [-0.39, 0.29) is 0 Å². The number of hydrogen-bond donors (Lipinski definition) is 1. The van der Waals surface area contributed by atoms with E-state index in [1.54, 1.807) is 12.1 Å². The van der Waals surface area contributed by atoms with Crippen molar-refractivity contribution in [3.05, 3.63) is 24.3 Å². The van der Waals surface area contributed by atoms with Crippen molar-refractivity contribution in [1.29, 1.82) is 0 Å². The van der Waals surface area contributed by atoms with Gasteiger partial charge in [0.05, 0.1) is 4.90 Å². The molecule has 1 heterocycles. The maximum Gasteiger partial charge on any atom is 0.175 e. The Morgan fingerprint density at radius 3 is 2.47 bits per heavy atom. The first-order chi connectivity index (χ1) is 7.98. The zero-order valence-electron chi connectivity index (χ0n) is 10.2. The second-order valence-corrected chi connectivity index (χ2v) is 6.53. The molecule has 0 radical (unpaired) electrons. The molecule has 1 saturated heterocycles. The molecule has 0 aliphatic carbocycles.